The van der Waals surface area contributed by atoms with Crippen LogP contribution in [0.4, 0.5) is 0 Å². The summed E-state index contributed by atoms with van der Waals surface area (Å²) in [4.78, 5) is 0. The second kappa shape index (κ2) is 2.50. The van der Waals surface area contributed by atoms with Crippen molar-refractivity contribution >= 4 is 0 Å². The van der Waals surface area contributed by atoms with Crippen LogP contribution in [0.25, 0.3) is 0 Å². The maximum Gasteiger partial charge on any atom is 0.0718 e. The molecule has 0 amide bonds. The van der Waals surface area contributed by atoms with E-state index in [0.717, 1.165) is 37.0 Å². The van der Waals surface area contributed by atoms with E-state index in [9.17, 15) is 5.11 Å². The molecule has 0 saturated heterocycles. The van der Waals surface area contributed by atoms with E-state index in [1.807, 2.05) is 0 Å². The number of hydrogen-bond donors (Lipinski definition) is 1. The Bertz CT molecular complexity index is 209. The van der Waals surface area contributed by atoms with Crippen molar-refractivity contribution in [1.29, 1.82) is 0 Å². The van der Waals surface area contributed by atoms with E-state index in [2.05, 4.69) is 6.92 Å². The zero-order valence-corrected chi connectivity index (χ0v) is 8.42. The van der Waals surface area contributed by atoms with Crippen molar-refractivity contribution in [3.63, 3.8) is 0 Å². The molecular formula is C12H19O. The van der Waals surface area contributed by atoms with E-state index in [-0.39, 0.29) is 5.60 Å². The van der Waals surface area contributed by atoms with Crippen LogP contribution in [-0.4, -0.2) is 10.7 Å². The molecule has 1 radical (unpaired) electrons. The van der Waals surface area contributed by atoms with Gasteiger partial charge in [-0.3, -0.25) is 0 Å². The fourth-order valence-electron chi connectivity index (χ4n) is 4.48. The molecule has 1 N–H and O–H groups in total. The van der Waals surface area contributed by atoms with Crippen LogP contribution in [0.5, 0.6) is 0 Å². The summed E-state index contributed by atoms with van der Waals surface area (Å²) in [5.74, 6) is 4.01. The molecule has 0 heterocycles. The summed E-state index contributed by atoms with van der Waals surface area (Å²) >= 11 is 0. The van der Waals surface area contributed by atoms with E-state index in [4.69, 9.17) is 0 Å². The lowest BCUT2D eigenvalue weighted by molar-refractivity contribution is -0.104. The molecule has 0 aromatic carbocycles. The molecule has 0 aromatic rings. The van der Waals surface area contributed by atoms with Crippen LogP contribution in [0.3, 0.4) is 0 Å². The van der Waals surface area contributed by atoms with E-state index < -0.39 is 0 Å². The van der Waals surface area contributed by atoms with Gasteiger partial charge >= 0.3 is 0 Å². The second-order valence-corrected chi connectivity index (χ2v) is 5.45. The Morgan fingerprint density at radius 2 is 1.85 bits per heavy atom. The summed E-state index contributed by atoms with van der Waals surface area (Å²) in [6.45, 7) is 2.22. The Morgan fingerprint density at radius 3 is 2.31 bits per heavy atom. The Labute approximate surface area is 80.5 Å². The van der Waals surface area contributed by atoms with E-state index in [1.54, 1.807) is 0 Å². The first kappa shape index (κ1) is 8.28. The minimum Gasteiger partial charge on any atom is -0.389 e. The van der Waals surface area contributed by atoms with Gasteiger partial charge in [-0.15, -0.1) is 0 Å². The molecule has 2 unspecified atom stereocenters. The highest BCUT2D eigenvalue weighted by molar-refractivity contribution is 5.21. The van der Waals surface area contributed by atoms with Gasteiger partial charge < -0.3 is 5.11 Å². The molecule has 1 nitrogen and oxygen atoms in total. The molecule has 4 saturated carbocycles. The lowest BCUT2D eigenvalue weighted by atomic mass is 9.49. The zero-order valence-electron chi connectivity index (χ0n) is 8.42. The topological polar surface area (TPSA) is 20.2 Å². The van der Waals surface area contributed by atoms with Gasteiger partial charge in [0.2, 0.25) is 0 Å². The van der Waals surface area contributed by atoms with Crippen molar-refractivity contribution in [1.82, 2.24) is 0 Å². The smallest absolute Gasteiger partial charge is 0.0718 e. The first-order chi connectivity index (χ1) is 6.21. The van der Waals surface area contributed by atoms with Crippen LogP contribution < -0.4 is 0 Å². The van der Waals surface area contributed by atoms with Crippen molar-refractivity contribution in [2.24, 2.45) is 17.8 Å². The van der Waals surface area contributed by atoms with Crippen molar-refractivity contribution in [2.45, 2.75) is 51.0 Å². The fourth-order valence-corrected chi connectivity index (χ4v) is 4.48. The number of rotatable bonds is 1. The van der Waals surface area contributed by atoms with Gasteiger partial charge in [0.15, 0.2) is 0 Å². The van der Waals surface area contributed by atoms with Gasteiger partial charge in [0, 0.05) is 5.92 Å². The van der Waals surface area contributed by atoms with E-state index in [1.165, 1.54) is 25.2 Å². The highest BCUT2D eigenvalue weighted by atomic mass is 16.3. The minimum atomic E-state index is -0.316. The van der Waals surface area contributed by atoms with Gasteiger partial charge in [0.05, 0.1) is 5.60 Å². The SMILES string of the molecule is CC[C]1C2CC3CC(C2)CC1(O)C3. The molecule has 4 bridgehead atoms. The third kappa shape index (κ3) is 1.03. The average Bonchev–Trinajstić information content (AvgIpc) is 2.00. The summed E-state index contributed by atoms with van der Waals surface area (Å²) in [7, 11) is 0. The van der Waals surface area contributed by atoms with Crippen molar-refractivity contribution < 1.29 is 5.11 Å². The van der Waals surface area contributed by atoms with Gasteiger partial charge in [-0.05, 0) is 56.3 Å². The predicted molar refractivity (Wildman–Crippen MR) is 52.0 cm³/mol. The third-order valence-corrected chi connectivity index (χ3v) is 4.63. The molecular weight excluding hydrogens is 160 g/mol. The monoisotopic (exact) mass is 179 g/mol. The summed E-state index contributed by atoms with van der Waals surface area (Å²) in [6.07, 6.45) is 7.48. The van der Waals surface area contributed by atoms with Crippen molar-refractivity contribution in [3.8, 4) is 0 Å². The van der Waals surface area contributed by atoms with Crippen LogP contribution in [-0.2, 0) is 0 Å². The molecule has 13 heavy (non-hydrogen) atoms. The minimum absolute atomic E-state index is 0.316. The normalized spacial score (nSPS) is 54.5. The molecule has 1 heteroatoms. The summed E-state index contributed by atoms with van der Waals surface area (Å²) in [5, 5.41) is 10.5. The Hall–Kier alpha value is -0.0400. The Morgan fingerprint density at radius 1 is 1.23 bits per heavy atom. The average molecular weight is 179 g/mol. The highest BCUT2D eigenvalue weighted by Crippen LogP contribution is 2.60. The molecule has 4 rings (SSSR count). The van der Waals surface area contributed by atoms with Gasteiger partial charge in [0.1, 0.15) is 0 Å². The molecule has 0 aromatic heterocycles. The highest BCUT2D eigenvalue weighted by Gasteiger charge is 2.55. The van der Waals surface area contributed by atoms with Crippen LogP contribution in [0.1, 0.15) is 45.4 Å². The second-order valence-electron chi connectivity index (χ2n) is 5.45. The lowest BCUT2D eigenvalue weighted by Crippen LogP contribution is -2.55. The van der Waals surface area contributed by atoms with Crippen molar-refractivity contribution in [2.75, 3.05) is 0 Å². The maximum absolute atomic E-state index is 10.5. The Balaban J connectivity index is 1.93. The van der Waals surface area contributed by atoms with Crippen LogP contribution in [0.2, 0.25) is 0 Å². The predicted octanol–water partition coefficient (Wildman–Crippen LogP) is 2.54. The fraction of sp³-hybridized carbons (Fsp3) is 0.917. The summed E-state index contributed by atoms with van der Waals surface area (Å²) < 4.78 is 0. The maximum atomic E-state index is 10.5. The van der Waals surface area contributed by atoms with Crippen LogP contribution in [0, 0.1) is 23.7 Å². The van der Waals surface area contributed by atoms with E-state index >= 15 is 0 Å². The molecule has 4 aliphatic carbocycles. The van der Waals surface area contributed by atoms with Gasteiger partial charge in [-0.2, -0.15) is 0 Å². The molecule has 73 valence electrons. The quantitative estimate of drug-likeness (QED) is 0.656. The third-order valence-electron chi connectivity index (χ3n) is 4.63. The number of hydrogen-bond acceptors (Lipinski definition) is 1. The lowest BCUT2D eigenvalue weighted by Gasteiger charge is -2.58. The molecule has 2 atom stereocenters. The van der Waals surface area contributed by atoms with Gasteiger partial charge in [-0.25, -0.2) is 0 Å². The van der Waals surface area contributed by atoms with Gasteiger partial charge in [0.25, 0.3) is 0 Å². The van der Waals surface area contributed by atoms with Crippen molar-refractivity contribution in [3.05, 3.63) is 5.92 Å². The van der Waals surface area contributed by atoms with Crippen LogP contribution in [0.15, 0.2) is 0 Å². The number of aliphatic hydroxyl groups is 1. The Kier molecular flexibility index (Phi) is 1.59. The molecule has 0 spiro atoms. The first-order valence-electron chi connectivity index (χ1n) is 5.80. The molecule has 0 aliphatic heterocycles. The van der Waals surface area contributed by atoms with Crippen LogP contribution >= 0.6 is 0 Å². The standard InChI is InChI=1S/C12H19O/c1-2-11-10-4-8-3-9(5-10)7-12(11,13)6-8/h8-10,13H,2-7H2,1H3. The zero-order chi connectivity index (χ0) is 9.05. The molecule has 4 fully saturated rings. The summed E-state index contributed by atoms with van der Waals surface area (Å²) in [5.41, 5.74) is -0.316. The first-order valence-corrected chi connectivity index (χ1v) is 5.80. The van der Waals surface area contributed by atoms with Gasteiger partial charge in [-0.1, -0.05) is 6.92 Å². The van der Waals surface area contributed by atoms with E-state index in [0.29, 0.717) is 0 Å². The summed E-state index contributed by atoms with van der Waals surface area (Å²) in [6, 6.07) is 0. The largest absolute Gasteiger partial charge is 0.389 e. The molecule has 4 aliphatic rings.